The summed E-state index contributed by atoms with van der Waals surface area (Å²) in [6, 6.07) is 15.4. The third-order valence-electron chi connectivity index (χ3n) is 7.33. The summed E-state index contributed by atoms with van der Waals surface area (Å²) in [5.74, 6) is -0.0170. The molecule has 2 aromatic rings. The van der Waals surface area contributed by atoms with E-state index in [0.29, 0.717) is 49.1 Å². The van der Waals surface area contributed by atoms with E-state index >= 15 is 0 Å². The summed E-state index contributed by atoms with van der Waals surface area (Å²) in [6.45, 7) is 4.81. The summed E-state index contributed by atoms with van der Waals surface area (Å²) in [5.41, 5.74) is 1.34. The molecule has 2 aliphatic rings. The van der Waals surface area contributed by atoms with E-state index in [2.05, 4.69) is 17.0 Å². The van der Waals surface area contributed by atoms with Crippen LogP contribution in [0.2, 0.25) is 10.0 Å². The van der Waals surface area contributed by atoms with Gasteiger partial charge >= 0.3 is 0 Å². The van der Waals surface area contributed by atoms with Crippen LogP contribution in [0.15, 0.2) is 54.6 Å². The van der Waals surface area contributed by atoms with Gasteiger partial charge < -0.3 is 19.8 Å². The first-order valence-corrected chi connectivity index (χ1v) is 13.8. The van der Waals surface area contributed by atoms with Gasteiger partial charge in [0.15, 0.2) is 0 Å². The lowest BCUT2D eigenvalue weighted by molar-refractivity contribution is -0.130. The molecule has 37 heavy (non-hydrogen) atoms. The lowest BCUT2D eigenvalue weighted by Crippen LogP contribution is -2.46. The van der Waals surface area contributed by atoms with Gasteiger partial charge in [0.05, 0.1) is 15.6 Å². The topological polar surface area (TPSA) is 64.1 Å². The second-order valence-corrected chi connectivity index (χ2v) is 10.9. The molecule has 0 saturated carbocycles. The van der Waals surface area contributed by atoms with Crippen LogP contribution in [0.1, 0.15) is 36.8 Å². The first kappa shape index (κ1) is 27.6. The van der Waals surface area contributed by atoms with Crippen LogP contribution in [-0.2, 0) is 16.0 Å². The van der Waals surface area contributed by atoms with Crippen LogP contribution in [0, 0.1) is 0 Å². The standard InChI is InChI=1S/C29H35Cl2N3O3/c30-25-9-7-23(21-26(25)31)8-10-27(35)34-16-11-28(36)33(19-20-34)15-4-14-32-17-12-29(37,13-18-32)22-24-5-2-1-3-6-24/h1-3,5-10,21,37H,4,11-20,22H2/b10-8+. The van der Waals surface area contributed by atoms with Crippen LogP contribution < -0.4 is 0 Å². The predicted molar refractivity (Wildman–Crippen MR) is 149 cm³/mol. The van der Waals surface area contributed by atoms with Crippen molar-refractivity contribution in [2.75, 3.05) is 45.8 Å². The number of rotatable bonds is 8. The maximum Gasteiger partial charge on any atom is 0.246 e. The van der Waals surface area contributed by atoms with E-state index in [0.717, 1.165) is 44.5 Å². The van der Waals surface area contributed by atoms with Gasteiger partial charge in [-0.25, -0.2) is 0 Å². The zero-order valence-electron chi connectivity index (χ0n) is 21.1. The highest BCUT2D eigenvalue weighted by atomic mass is 35.5. The molecule has 2 aromatic carbocycles. The smallest absolute Gasteiger partial charge is 0.246 e. The van der Waals surface area contributed by atoms with Gasteiger partial charge in [-0.2, -0.15) is 0 Å². The minimum Gasteiger partial charge on any atom is -0.389 e. The molecule has 1 N–H and O–H groups in total. The Morgan fingerprint density at radius 2 is 1.70 bits per heavy atom. The molecule has 0 atom stereocenters. The number of piperidine rings is 1. The van der Waals surface area contributed by atoms with Crippen molar-refractivity contribution in [3.8, 4) is 0 Å². The third-order valence-corrected chi connectivity index (χ3v) is 8.07. The van der Waals surface area contributed by atoms with Crippen molar-refractivity contribution in [3.05, 3.63) is 75.8 Å². The summed E-state index contributed by atoms with van der Waals surface area (Å²) in [7, 11) is 0. The first-order valence-electron chi connectivity index (χ1n) is 13.0. The molecule has 198 valence electrons. The van der Waals surface area contributed by atoms with Crippen molar-refractivity contribution >= 4 is 41.1 Å². The maximum atomic E-state index is 12.7. The molecule has 0 radical (unpaired) electrons. The molecule has 8 heteroatoms. The Hall–Kier alpha value is -2.38. The lowest BCUT2D eigenvalue weighted by Gasteiger charge is -2.38. The van der Waals surface area contributed by atoms with Gasteiger partial charge in [0.25, 0.3) is 0 Å². The van der Waals surface area contributed by atoms with Gasteiger partial charge in [0, 0.05) is 58.2 Å². The Labute approximate surface area is 229 Å². The van der Waals surface area contributed by atoms with E-state index in [1.807, 2.05) is 23.1 Å². The summed E-state index contributed by atoms with van der Waals surface area (Å²) in [6.07, 6.45) is 6.68. The molecule has 4 rings (SSSR count). The van der Waals surface area contributed by atoms with Crippen LogP contribution in [0.25, 0.3) is 6.08 Å². The third kappa shape index (κ3) is 8.05. The molecular weight excluding hydrogens is 509 g/mol. The molecule has 2 aliphatic heterocycles. The molecular formula is C29H35Cl2N3O3. The molecule has 0 unspecified atom stereocenters. The number of aliphatic hydroxyl groups is 1. The highest BCUT2D eigenvalue weighted by Crippen LogP contribution is 2.26. The second kappa shape index (κ2) is 12.9. The van der Waals surface area contributed by atoms with Crippen LogP contribution in [0.4, 0.5) is 0 Å². The Balaban J connectivity index is 1.18. The summed E-state index contributed by atoms with van der Waals surface area (Å²) >= 11 is 12.0. The van der Waals surface area contributed by atoms with E-state index in [-0.39, 0.29) is 11.8 Å². The summed E-state index contributed by atoms with van der Waals surface area (Å²) in [5, 5.41) is 11.9. The fraction of sp³-hybridized carbons (Fsp3) is 0.448. The van der Waals surface area contributed by atoms with Gasteiger partial charge in [-0.15, -0.1) is 0 Å². The summed E-state index contributed by atoms with van der Waals surface area (Å²) < 4.78 is 0. The Morgan fingerprint density at radius 1 is 0.946 bits per heavy atom. The van der Waals surface area contributed by atoms with Crippen LogP contribution in [0.5, 0.6) is 0 Å². The van der Waals surface area contributed by atoms with Crippen molar-refractivity contribution in [1.82, 2.24) is 14.7 Å². The fourth-order valence-electron chi connectivity index (χ4n) is 5.04. The van der Waals surface area contributed by atoms with Gasteiger partial charge in [-0.05, 0) is 55.1 Å². The average Bonchev–Trinajstić information content (AvgIpc) is 3.08. The zero-order chi connectivity index (χ0) is 26.3. The molecule has 0 aromatic heterocycles. The fourth-order valence-corrected chi connectivity index (χ4v) is 5.35. The molecule has 2 fully saturated rings. The largest absolute Gasteiger partial charge is 0.389 e. The molecule has 2 amide bonds. The Bertz CT molecular complexity index is 1100. The number of nitrogens with zero attached hydrogens (tertiary/aromatic N) is 3. The van der Waals surface area contributed by atoms with Gasteiger partial charge in [-0.1, -0.05) is 59.6 Å². The monoisotopic (exact) mass is 543 g/mol. The van der Waals surface area contributed by atoms with E-state index in [1.54, 1.807) is 29.2 Å². The number of likely N-dealkylation sites (tertiary alicyclic amines) is 1. The Kier molecular flexibility index (Phi) is 9.65. The molecule has 2 saturated heterocycles. The van der Waals surface area contributed by atoms with Crippen molar-refractivity contribution in [2.24, 2.45) is 0 Å². The van der Waals surface area contributed by atoms with E-state index in [1.165, 1.54) is 11.6 Å². The number of hydrogen-bond acceptors (Lipinski definition) is 4. The second-order valence-electron chi connectivity index (χ2n) is 10.0. The SMILES string of the molecule is O=C(/C=C/c1ccc(Cl)c(Cl)c1)N1CCC(=O)N(CCCN2CCC(O)(Cc3ccccc3)CC2)CC1. The van der Waals surface area contributed by atoms with Gasteiger partial charge in [-0.3, -0.25) is 9.59 Å². The number of carbonyl (C=O) groups is 2. The number of halogens is 2. The van der Waals surface area contributed by atoms with Gasteiger partial charge in [0.1, 0.15) is 0 Å². The quantitative estimate of drug-likeness (QED) is 0.497. The zero-order valence-corrected chi connectivity index (χ0v) is 22.6. The van der Waals surface area contributed by atoms with E-state index in [9.17, 15) is 14.7 Å². The maximum absolute atomic E-state index is 12.7. The highest BCUT2D eigenvalue weighted by Gasteiger charge is 2.32. The van der Waals surface area contributed by atoms with E-state index < -0.39 is 5.60 Å². The highest BCUT2D eigenvalue weighted by molar-refractivity contribution is 6.42. The molecule has 0 bridgehead atoms. The minimum atomic E-state index is -0.636. The van der Waals surface area contributed by atoms with Crippen LogP contribution >= 0.6 is 23.2 Å². The molecule has 2 heterocycles. The molecule has 6 nitrogen and oxygen atoms in total. The van der Waals surface area contributed by atoms with Crippen molar-refractivity contribution in [1.29, 1.82) is 0 Å². The Morgan fingerprint density at radius 3 is 2.43 bits per heavy atom. The number of carbonyl (C=O) groups excluding carboxylic acids is 2. The number of hydrogen-bond donors (Lipinski definition) is 1. The first-order chi connectivity index (χ1) is 17.8. The summed E-state index contributed by atoms with van der Waals surface area (Å²) in [4.78, 5) is 31.4. The lowest BCUT2D eigenvalue weighted by atomic mass is 9.85. The van der Waals surface area contributed by atoms with E-state index in [4.69, 9.17) is 23.2 Å². The van der Waals surface area contributed by atoms with Crippen molar-refractivity contribution in [3.63, 3.8) is 0 Å². The number of amides is 2. The average molecular weight is 545 g/mol. The van der Waals surface area contributed by atoms with Crippen LogP contribution in [-0.4, -0.2) is 83.0 Å². The van der Waals surface area contributed by atoms with Crippen molar-refractivity contribution < 1.29 is 14.7 Å². The van der Waals surface area contributed by atoms with Crippen LogP contribution in [0.3, 0.4) is 0 Å². The predicted octanol–water partition coefficient (Wildman–Crippen LogP) is 4.53. The molecule has 0 spiro atoms. The minimum absolute atomic E-state index is 0.0969. The molecule has 0 aliphatic carbocycles. The van der Waals surface area contributed by atoms with Crippen molar-refractivity contribution in [2.45, 2.75) is 37.7 Å². The number of benzene rings is 2. The van der Waals surface area contributed by atoms with Gasteiger partial charge in [0.2, 0.25) is 11.8 Å². The normalized spacial score (nSPS) is 18.8.